The first-order valence-corrected chi connectivity index (χ1v) is 5.36. The van der Waals surface area contributed by atoms with E-state index in [2.05, 4.69) is 0 Å². The molecule has 2 saturated heterocycles. The minimum atomic E-state index is -2.57. The summed E-state index contributed by atoms with van der Waals surface area (Å²) in [5.41, 5.74) is 0. The van der Waals surface area contributed by atoms with Crippen LogP contribution in [0.1, 0.15) is 19.3 Å². The number of hydrogen-bond donors (Lipinski definition) is 0. The van der Waals surface area contributed by atoms with Crippen molar-refractivity contribution in [3.8, 4) is 0 Å². The third-order valence-corrected chi connectivity index (χ3v) is 3.38. The first kappa shape index (κ1) is 10.8. The topological polar surface area (TPSA) is 23.6 Å². The van der Waals surface area contributed by atoms with Crippen LogP contribution in [0.4, 0.5) is 8.78 Å². The van der Waals surface area contributed by atoms with Crippen LogP contribution in [0, 0.1) is 0 Å². The molecule has 1 atom stereocenters. The van der Waals surface area contributed by atoms with Gasteiger partial charge in [-0.1, -0.05) is 0 Å². The van der Waals surface area contributed by atoms with Crippen molar-refractivity contribution in [3.63, 3.8) is 0 Å². The van der Waals surface area contributed by atoms with Crippen molar-refractivity contribution in [2.24, 2.45) is 0 Å². The zero-order chi connectivity index (χ0) is 11.1. The van der Waals surface area contributed by atoms with Gasteiger partial charge in [-0.3, -0.25) is 9.69 Å². The number of nitrogens with zero attached hydrogens (tertiary/aromatic N) is 2. The fraction of sp³-hybridized carbons (Fsp3) is 0.900. The lowest BCUT2D eigenvalue weighted by Gasteiger charge is -2.41. The standard InChI is InChI=1S/C10H16F2N2O/c1-13-5-2-8(13)9(15)14-6-3-10(11,12)4-7-14/h8H,2-7H2,1H3/t8-/m0/s1. The Hall–Kier alpha value is -0.710. The van der Waals surface area contributed by atoms with Gasteiger partial charge in [0.25, 0.3) is 5.92 Å². The number of carbonyl (C=O) groups excluding carboxylic acids is 1. The van der Waals surface area contributed by atoms with Gasteiger partial charge in [0.05, 0.1) is 6.04 Å². The second kappa shape index (κ2) is 3.70. The molecule has 0 aromatic rings. The molecule has 2 aliphatic heterocycles. The van der Waals surface area contributed by atoms with Crippen molar-refractivity contribution >= 4 is 5.91 Å². The molecule has 2 aliphatic rings. The van der Waals surface area contributed by atoms with Crippen molar-refractivity contribution < 1.29 is 13.6 Å². The second-order valence-electron chi connectivity index (χ2n) is 4.47. The van der Waals surface area contributed by atoms with Gasteiger partial charge in [-0.15, -0.1) is 0 Å². The highest BCUT2D eigenvalue weighted by atomic mass is 19.3. The van der Waals surface area contributed by atoms with Gasteiger partial charge in [-0.25, -0.2) is 8.78 Å². The molecule has 0 aromatic heterocycles. The highest BCUT2D eigenvalue weighted by Gasteiger charge is 2.39. The second-order valence-corrected chi connectivity index (χ2v) is 4.47. The molecule has 2 fully saturated rings. The molecule has 0 radical (unpaired) electrons. The third-order valence-electron chi connectivity index (χ3n) is 3.38. The third kappa shape index (κ3) is 2.12. The molecule has 2 heterocycles. The van der Waals surface area contributed by atoms with E-state index in [-0.39, 0.29) is 37.9 Å². The summed E-state index contributed by atoms with van der Waals surface area (Å²) < 4.78 is 25.7. The molecule has 3 nitrogen and oxygen atoms in total. The predicted octanol–water partition coefficient (Wildman–Crippen LogP) is 0.948. The van der Waals surface area contributed by atoms with Gasteiger partial charge in [-0.05, 0) is 13.5 Å². The summed E-state index contributed by atoms with van der Waals surface area (Å²) in [6.07, 6.45) is 0.493. The van der Waals surface area contributed by atoms with Gasteiger partial charge < -0.3 is 4.90 Å². The lowest BCUT2D eigenvalue weighted by Crippen LogP contribution is -2.57. The SMILES string of the molecule is CN1CC[C@H]1C(=O)N1CCC(F)(F)CC1. The summed E-state index contributed by atoms with van der Waals surface area (Å²) in [5.74, 6) is -2.54. The minimum absolute atomic E-state index is 0.0271. The molecule has 0 bridgehead atoms. The number of halogens is 2. The highest BCUT2D eigenvalue weighted by Crippen LogP contribution is 2.29. The van der Waals surface area contributed by atoms with Gasteiger partial charge in [0, 0.05) is 32.5 Å². The first-order chi connectivity index (χ1) is 6.99. The average Bonchev–Trinajstić information content (AvgIpc) is 2.15. The molecule has 0 saturated carbocycles. The lowest BCUT2D eigenvalue weighted by atomic mass is 10.0. The monoisotopic (exact) mass is 218 g/mol. The number of piperidine rings is 1. The molecular formula is C10H16F2N2O. The van der Waals surface area contributed by atoms with E-state index in [0.717, 1.165) is 13.0 Å². The maximum Gasteiger partial charge on any atom is 0.251 e. The Morgan fingerprint density at radius 2 is 1.87 bits per heavy atom. The van der Waals surface area contributed by atoms with Crippen molar-refractivity contribution in [1.82, 2.24) is 9.80 Å². The Morgan fingerprint density at radius 1 is 1.27 bits per heavy atom. The molecule has 5 heteroatoms. The number of likely N-dealkylation sites (N-methyl/N-ethyl adjacent to an activating group) is 1. The summed E-state index contributed by atoms with van der Waals surface area (Å²) in [6.45, 7) is 1.34. The fourth-order valence-corrected chi connectivity index (χ4v) is 2.09. The van der Waals surface area contributed by atoms with Crippen molar-refractivity contribution in [1.29, 1.82) is 0 Å². The summed E-state index contributed by atoms with van der Waals surface area (Å²) in [6, 6.07) is -0.0586. The molecule has 0 N–H and O–H groups in total. The van der Waals surface area contributed by atoms with Crippen LogP contribution < -0.4 is 0 Å². The summed E-state index contributed by atoms with van der Waals surface area (Å²) in [7, 11) is 1.89. The molecule has 15 heavy (non-hydrogen) atoms. The molecule has 0 aromatic carbocycles. The van der Waals surface area contributed by atoms with Crippen molar-refractivity contribution in [2.75, 3.05) is 26.7 Å². The average molecular weight is 218 g/mol. The highest BCUT2D eigenvalue weighted by molar-refractivity contribution is 5.82. The van der Waals surface area contributed by atoms with Crippen LogP contribution in [0.3, 0.4) is 0 Å². The summed E-state index contributed by atoms with van der Waals surface area (Å²) in [5, 5.41) is 0. The van der Waals surface area contributed by atoms with Crippen LogP contribution in [-0.4, -0.2) is 54.4 Å². The number of hydrogen-bond acceptors (Lipinski definition) is 2. The van der Waals surface area contributed by atoms with E-state index >= 15 is 0 Å². The van der Waals surface area contributed by atoms with Crippen LogP contribution in [0.5, 0.6) is 0 Å². The predicted molar refractivity (Wildman–Crippen MR) is 51.8 cm³/mol. The number of alkyl halides is 2. The summed E-state index contributed by atoms with van der Waals surface area (Å²) in [4.78, 5) is 15.4. The van der Waals surface area contributed by atoms with Crippen LogP contribution in [0.25, 0.3) is 0 Å². The number of carbonyl (C=O) groups is 1. The van der Waals surface area contributed by atoms with Crippen LogP contribution >= 0.6 is 0 Å². The quantitative estimate of drug-likeness (QED) is 0.654. The largest absolute Gasteiger partial charge is 0.341 e. The zero-order valence-corrected chi connectivity index (χ0v) is 8.88. The Kier molecular flexibility index (Phi) is 2.66. The van der Waals surface area contributed by atoms with E-state index in [0.29, 0.717) is 0 Å². The Labute approximate surface area is 88.0 Å². The maximum atomic E-state index is 12.9. The van der Waals surface area contributed by atoms with E-state index < -0.39 is 5.92 Å². The van der Waals surface area contributed by atoms with Crippen LogP contribution in [-0.2, 0) is 4.79 Å². The molecule has 1 amide bonds. The number of rotatable bonds is 1. The molecule has 0 spiro atoms. The molecule has 0 aliphatic carbocycles. The number of amides is 1. The van der Waals surface area contributed by atoms with Crippen molar-refractivity contribution in [2.45, 2.75) is 31.2 Å². The molecular weight excluding hydrogens is 202 g/mol. The van der Waals surface area contributed by atoms with Gasteiger partial charge in [0.2, 0.25) is 5.91 Å². The Balaban J connectivity index is 1.88. The van der Waals surface area contributed by atoms with Crippen LogP contribution in [0.2, 0.25) is 0 Å². The normalized spacial score (nSPS) is 31.1. The van der Waals surface area contributed by atoms with E-state index in [1.54, 1.807) is 4.90 Å². The molecule has 2 rings (SSSR count). The van der Waals surface area contributed by atoms with Gasteiger partial charge in [-0.2, -0.15) is 0 Å². The molecule has 86 valence electrons. The minimum Gasteiger partial charge on any atom is -0.341 e. The van der Waals surface area contributed by atoms with Gasteiger partial charge >= 0.3 is 0 Å². The van der Waals surface area contributed by atoms with Crippen LogP contribution in [0.15, 0.2) is 0 Å². The Bertz CT molecular complexity index is 260. The first-order valence-electron chi connectivity index (χ1n) is 5.36. The summed E-state index contributed by atoms with van der Waals surface area (Å²) >= 11 is 0. The van der Waals surface area contributed by atoms with E-state index in [4.69, 9.17) is 0 Å². The zero-order valence-electron chi connectivity index (χ0n) is 8.88. The van der Waals surface area contributed by atoms with E-state index in [1.807, 2.05) is 11.9 Å². The van der Waals surface area contributed by atoms with Crippen molar-refractivity contribution in [3.05, 3.63) is 0 Å². The van der Waals surface area contributed by atoms with Gasteiger partial charge in [0.15, 0.2) is 0 Å². The number of likely N-dealkylation sites (tertiary alicyclic amines) is 2. The van der Waals surface area contributed by atoms with E-state index in [1.165, 1.54) is 0 Å². The Morgan fingerprint density at radius 3 is 2.27 bits per heavy atom. The maximum absolute atomic E-state index is 12.9. The van der Waals surface area contributed by atoms with E-state index in [9.17, 15) is 13.6 Å². The smallest absolute Gasteiger partial charge is 0.251 e. The fourth-order valence-electron chi connectivity index (χ4n) is 2.09. The lowest BCUT2D eigenvalue weighted by molar-refractivity contribution is -0.146. The van der Waals surface area contributed by atoms with Gasteiger partial charge in [0.1, 0.15) is 0 Å². The molecule has 0 unspecified atom stereocenters.